The first-order chi connectivity index (χ1) is 9.49. The van der Waals surface area contributed by atoms with Crippen LogP contribution in [0.3, 0.4) is 0 Å². The van der Waals surface area contributed by atoms with Gasteiger partial charge in [-0.15, -0.1) is 0 Å². The summed E-state index contributed by atoms with van der Waals surface area (Å²) in [5, 5.41) is 10.4. The number of ether oxygens (including phenoxy) is 2. The van der Waals surface area contributed by atoms with E-state index in [-0.39, 0.29) is 17.4 Å². The van der Waals surface area contributed by atoms with E-state index < -0.39 is 32.3 Å². The topological polar surface area (TPSA) is 65.0 Å². The predicted octanol–water partition coefficient (Wildman–Crippen LogP) is 2.44. The first kappa shape index (κ1) is 16.9. The van der Waals surface area contributed by atoms with E-state index >= 15 is 0 Å². The smallest absolute Gasteiger partial charge is 0.311 e. The van der Waals surface area contributed by atoms with Crippen LogP contribution in [0.4, 0.5) is 0 Å². The lowest BCUT2D eigenvalue weighted by atomic mass is 9.88. The number of aliphatic hydroxyl groups is 1. The fourth-order valence-corrected chi connectivity index (χ4v) is 4.07. The van der Waals surface area contributed by atoms with Crippen LogP contribution in [0.2, 0.25) is 18.1 Å². The lowest BCUT2D eigenvalue weighted by molar-refractivity contribution is -0.306. The highest BCUT2D eigenvalue weighted by molar-refractivity contribution is 6.74. The zero-order valence-electron chi connectivity index (χ0n) is 13.9. The van der Waals surface area contributed by atoms with E-state index in [1.807, 2.05) is 0 Å². The summed E-state index contributed by atoms with van der Waals surface area (Å²) in [7, 11) is -2.06. The van der Waals surface area contributed by atoms with Gasteiger partial charge in [0.15, 0.2) is 8.32 Å². The molecule has 2 saturated heterocycles. The van der Waals surface area contributed by atoms with Crippen molar-refractivity contribution in [2.24, 2.45) is 5.92 Å². The minimum absolute atomic E-state index is 0.0237. The van der Waals surface area contributed by atoms with Crippen LogP contribution in [-0.4, -0.2) is 44.0 Å². The minimum atomic E-state index is -2.06. The monoisotopic (exact) mass is 316 g/mol. The van der Waals surface area contributed by atoms with Crippen molar-refractivity contribution >= 4 is 14.3 Å². The zero-order chi connectivity index (χ0) is 16.1. The third-order valence-corrected chi connectivity index (χ3v) is 9.60. The van der Waals surface area contributed by atoms with Gasteiger partial charge in [-0.05, 0) is 30.5 Å². The average Bonchev–Trinajstić information content (AvgIpc) is 2.58. The van der Waals surface area contributed by atoms with Gasteiger partial charge in [-0.1, -0.05) is 27.7 Å². The SMILES string of the molecule is C[C@@H]1CCOC2(OC(=O)C[C@@H]2O)[C@@H]1O[Si](C)(C)C(C)(C)C. The molecular weight excluding hydrogens is 288 g/mol. The van der Waals surface area contributed by atoms with E-state index in [1.54, 1.807) is 0 Å². The van der Waals surface area contributed by atoms with Crippen LogP contribution < -0.4 is 0 Å². The number of aliphatic hydroxyl groups excluding tert-OH is 1. The van der Waals surface area contributed by atoms with E-state index in [9.17, 15) is 9.90 Å². The van der Waals surface area contributed by atoms with Crippen LogP contribution in [0.1, 0.15) is 40.5 Å². The molecule has 2 rings (SSSR count). The summed E-state index contributed by atoms with van der Waals surface area (Å²) in [5.74, 6) is -1.56. The highest BCUT2D eigenvalue weighted by Crippen LogP contribution is 2.45. The molecule has 0 bridgehead atoms. The van der Waals surface area contributed by atoms with E-state index in [0.29, 0.717) is 6.61 Å². The summed E-state index contributed by atoms with van der Waals surface area (Å²) in [5.41, 5.74) is 0. The minimum Gasteiger partial charge on any atom is -0.427 e. The third kappa shape index (κ3) is 2.91. The predicted molar refractivity (Wildman–Crippen MR) is 81.2 cm³/mol. The number of rotatable bonds is 2. The molecule has 21 heavy (non-hydrogen) atoms. The molecule has 1 spiro atoms. The fourth-order valence-electron chi connectivity index (χ4n) is 2.69. The molecule has 5 nitrogen and oxygen atoms in total. The molecule has 1 unspecified atom stereocenters. The summed E-state index contributed by atoms with van der Waals surface area (Å²) < 4.78 is 17.7. The highest BCUT2D eigenvalue weighted by Gasteiger charge is 2.61. The van der Waals surface area contributed by atoms with Gasteiger partial charge in [0.1, 0.15) is 12.2 Å². The van der Waals surface area contributed by atoms with Gasteiger partial charge in [-0.2, -0.15) is 0 Å². The molecule has 1 N–H and O–H groups in total. The van der Waals surface area contributed by atoms with Crippen molar-refractivity contribution in [3.63, 3.8) is 0 Å². The number of hydrogen-bond acceptors (Lipinski definition) is 5. The number of esters is 1. The van der Waals surface area contributed by atoms with Gasteiger partial charge >= 0.3 is 5.97 Å². The number of carbonyl (C=O) groups is 1. The Morgan fingerprint density at radius 2 is 2.00 bits per heavy atom. The number of hydrogen-bond donors (Lipinski definition) is 1. The zero-order valence-corrected chi connectivity index (χ0v) is 14.9. The Morgan fingerprint density at radius 1 is 1.38 bits per heavy atom. The van der Waals surface area contributed by atoms with Crippen LogP contribution in [-0.2, 0) is 18.7 Å². The van der Waals surface area contributed by atoms with Gasteiger partial charge < -0.3 is 19.0 Å². The Kier molecular flexibility index (Phi) is 4.30. The Bertz CT molecular complexity index is 417. The fraction of sp³-hybridized carbons (Fsp3) is 0.933. The summed E-state index contributed by atoms with van der Waals surface area (Å²) in [6.07, 6.45) is -0.550. The van der Waals surface area contributed by atoms with Crippen LogP contribution in [0.25, 0.3) is 0 Å². The van der Waals surface area contributed by atoms with E-state index in [2.05, 4.69) is 40.8 Å². The van der Waals surface area contributed by atoms with Crippen molar-refractivity contribution < 1.29 is 23.8 Å². The van der Waals surface area contributed by atoms with Crippen molar-refractivity contribution in [3.8, 4) is 0 Å². The Hall–Kier alpha value is -0.433. The molecule has 0 radical (unpaired) electrons. The Labute approximate surface area is 128 Å². The second-order valence-corrected chi connectivity index (χ2v) is 12.6. The molecule has 122 valence electrons. The van der Waals surface area contributed by atoms with Crippen LogP contribution in [0.15, 0.2) is 0 Å². The molecule has 4 atom stereocenters. The molecule has 2 aliphatic rings. The summed E-state index contributed by atoms with van der Waals surface area (Å²) in [6, 6.07) is 0. The van der Waals surface area contributed by atoms with Crippen molar-refractivity contribution in [1.82, 2.24) is 0 Å². The molecule has 2 fully saturated rings. The lowest BCUT2D eigenvalue weighted by Gasteiger charge is -2.49. The van der Waals surface area contributed by atoms with Gasteiger partial charge in [0, 0.05) is 0 Å². The van der Waals surface area contributed by atoms with Gasteiger partial charge in [0.05, 0.1) is 13.0 Å². The summed E-state index contributed by atoms with van der Waals surface area (Å²) >= 11 is 0. The molecule has 0 aromatic heterocycles. The number of carbonyl (C=O) groups excluding carboxylic acids is 1. The van der Waals surface area contributed by atoms with Crippen LogP contribution in [0.5, 0.6) is 0 Å². The maximum absolute atomic E-state index is 11.6. The highest BCUT2D eigenvalue weighted by atomic mass is 28.4. The Balaban J connectivity index is 2.31. The molecule has 2 heterocycles. The maximum atomic E-state index is 11.6. The second-order valence-electron chi connectivity index (χ2n) is 7.83. The average molecular weight is 316 g/mol. The van der Waals surface area contributed by atoms with Crippen molar-refractivity contribution in [2.45, 2.75) is 76.7 Å². The lowest BCUT2D eigenvalue weighted by Crippen LogP contribution is -2.62. The van der Waals surface area contributed by atoms with Gasteiger partial charge in [-0.25, -0.2) is 0 Å². The normalized spacial score (nSPS) is 37.9. The first-order valence-corrected chi connectivity index (χ1v) is 10.6. The molecule has 0 aromatic carbocycles. The Morgan fingerprint density at radius 3 is 2.48 bits per heavy atom. The first-order valence-electron chi connectivity index (χ1n) is 7.71. The second kappa shape index (κ2) is 5.33. The van der Waals surface area contributed by atoms with Crippen molar-refractivity contribution in [1.29, 1.82) is 0 Å². The molecule has 6 heteroatoms. The van der Waals surface area contributed by atoms with Crippen molar-refractivity contribution in [3.05, 3.63) is 0 Å². The molecule has 0 aliphatic carbocycles. The maximum Gasteiger partial charge on any atom is 0.311 e. The van der Waals surface area contributed by atoms with Gasteiger partial charge in [0.25, 0.3) is 5.79 Å². The molecule has 0 amide bonds. The largest absolute Gasteiger partial charge is 0.427 e. The summed E-state index contributed by atoms with van der Waals surface area (Å²) in [6.45, 7) is 13.4. The molecule has 0 saturated carbocycles. The van der Waals surface area contributed by atoms with Gasteiger partial charge in [-0.3, -0.25) is 4.79 Å². The third-order valence-electron chi connectivity index (χ3n) is 5.14. The van der Waals surface area contributed by atoms with Crippen LogP contribution >= 0.6 is 0 Å². The summed E-state index contributed by atoms with van der Waals surface area (Å²) in [4.78, 5) is 11.6. The van der Waals surface area contributed by atoms with E-state index in [4.69, 9.17) is 13.9 Å². The molecular formula is C15H28O5Si. The molecule has 2 aliphatic heterocycles. The van der Waals surface area contributed by atoms with E-state index in [1.165, 1.54) is 0 Å². The molecule has 0 aromatic rings. The van der Waals surface area contributed by atoms with Crippen molar-refractivity contribution in [2.75, 3.05) is 6.61 Å². The van der Waals surface area contributed by atoms with E-state index in [0.717, 1.165) is 6.42 Å². The standard InChI is InChI=1S/C15H28O5Si/c1-10-7-8-18-15(11(16)9-12(17)19-15)13(10)20-21(5,6)14(2,3)4/h10-11,13,16H,7-9H2,1-6H3/t10-,11+,13-,15?/m1/s1. The van der Waals surface area contributed by atoms with Gasteiger partial charge in [0.2, 0.25) is 0 Å². The van der Waals surface area contributed by atoms with Crippen LogP contribution in [0, 0.1) is 5.92 Å². The quantitative estimate of drug-likeness (QED) is 0.626.